The number of rotatable bonds is 5. The number of halogens is 1. The van der Waals surface area contributed by atoms with Gasteiger partial charge in [-0.2, -0.15) is 9.78 Å². The fourth-order valence-corrected chi connectivity index (χ4v) is 3.56. The third-order valence-electron chi connectivity index (χ3n) is 5.30. The molecule has 0 fully saturated rings. The van der Waals surface area contributed by atoms with Crippen molar-refractivity contribution in [2.75, 3.05) is 14.2 Å². The zero-order valence-electron chi connectivity index (χ0n) is 18.2. The van der Waals surface area contributed by atoms with Gasteiger partial charge in [0, 0.05) is 10.6 Å². The van der Waals surface area contributed by atoms with Gasteiger partial charge in [0.1, 0.15) is 0 Å². The summed E-state index contributed by atoms with van der Waals surface area (Å²) in [6, 6.07) is 16.4. The predicted octanol–water partition coefficient (Wildman–Crippen LogP) is 5.23. The lowest BCUT2D eigenvalue weighted by molar-refractivity contribution is 0.355. The highest BCUT2D eigenvalue weighted by Crippen LogP contribution is 2.32. The lowest BCUT2D eigenvalue weighted by Gasteiger charge is -2.12. The topological polar surface area (TPSA) is 65.7 Å². The number of benzene rings is 3. The SMILES string of the molecule is COc1ccc(-c2nc3ccc(Cl)cc3c(=O)n2N=Cc2ccc(C)c(C)c2)cc1OC. The van der Waals surface area contributed by atoms with Crippen LogP contribution >= 0.6 is 11.6 Å². The van der Waals surface area contributed by atoms with Gasteiger partial charge < -0.3 is 9.47 Å². The highest BCUT2D eigenvalue weighted by molar-refractivity contribution is 6.31. The minimum atomic E-state index is -0.317. The van der Waals surface area contributed by atoms with Gasteiger partial charge in [-0.25, -0.2) is 4.98 Å². The quantitative estimate of drug-likeness (QED) is 0.393. The predicted molar refractivity (Wildman–Crippen MR) is 128 cm³/mol. The summed E-state index contributed by atoms with van der Waals surface area (Å²) in [6.45, 7) is 4.08. The number of aromatic nitrogens is 2. The van der Waals surface area contributed by atoms with E-state index in [4.69, 9.17) is 26.1 Å². The second-order valence-corrected chi connectivity index (χ2v) is 7.81. The fraction of sp³-hybridized carbons (Fsp3) is 0.160. The van der Waals surface area contributed by atoms with E-state index in [1.54, 1.807) is 50.8 Å². The molecule has 0 saturated carbocycles. The Labute approximate surface area is 190 Å². The van der Waals surface area contributed by atoms with E-state index in [0.717, 1.165) is 11.1 Å². The molecule has 1 aromatic heterocycles. The van der Waals surface area contributed by atoms with Crippen molar-refractivity contribution >= 4 is 28.7 Å². The van der Waals surface area contributed by atoms with Crippen LogP contribution < -0.4 is 15.0 Å². The number of hydrogen-bond donors (Lipinski definition) is 0. The van der Waals surface area contributed by atoms with Gasteiger partial charge in [0.05, 0.1) is 31.3 Å². The van der Waals surface area contributed by atoms with Crippen molar-refractivity contribution in [1.82, 2.24) is 9.66 Å². The summed E-state index contributed by atoms with van der Waals surface area (Å²) >= 11 is 6.13. The van der Waals surface area contributed by atoms with Gasteiger partial charge >= 0.3 is 0 Å². The Morgan fingerprint density at radius 1 is 0.938 bits per heavy atom. The summed E-state index contributed by atoms with van der Waals surface area (Å²) < 4.78 is 12.0. The van der Waals surface area contributed by atoms with Crippen LogP contribution in [0.15, 0.2) is 64.5 Å². The van der Waals surface area contributed by atoms with Gasteiger partial charge in [0.15, 0.2) is 17.3 Å². The van der Waals surface area contributed by atoms with Crippen LogP contribution in [0.1, 0.15) is 16.7 Å². The maximum atomic E-state index is 13.4. The molecule has 3 aromatic carbocycles. The van der Waals surface area contributed by atoms with E-state index in [2.05, 4.69) is 5.10 Å². The Morgan fingerprint density at radius 2 is 1.72 bits per heavy atom. The molecule has 0 spiro atoms. The minimum absolute atomic E-state index is 0.317. The molecular formula is C25H22ClN3O3. The highest BCUT2D eigenvalue weighted by atomic mass is 35.5. The maximum Gasteiger partial charge on any atom is 0.282 e. The molecule has 0 aliphatic carbocycles. The first-order chi connectivity index (χ1) is 15.4. The number of methoxy groups -OCH3 is 2. The van der Waals surface area contributed by atoms with Crippen molar-refractivity contribution in [2.24, 2.45) is 5.10 Å². The van der Waals surface area contributed by atoms with Crippen molar-refractivity contribution < 1.29 is 9.47 Å². The molecule has 0 atom stereocenters. The summed E-state index contributed by atoms with van der Waals surface area (Å²) in [7, 11) is 3.13. The van der Waals surface area contributed by atoms with E-state index in [1.807, 2.05) is 38.1 Å². The monoisotopic (exact) mass is 447 g/mol. The average Bonchev–Trinajstić information content (AvgIpc) is 2.80. The molecule has 162 valence electrons. The number of ether oxygens (including phenoxy) is 2. The normalized spacial score (nSPS) is 11.3. The lowest BCUT2D eigenvalue weighted by atomic mass is 10.1. The molecule has 0 saturated heterocycles. The number of aryl methyl sites for hydroxylation is 2. The zero-order valence-corrected chi connectivity index (χ0v) is 19.0. The third kappa shape index (κ3) is 4.09. The van der Waals surface area contributed by atoms with Crippen LogP contribution in [0.3, 0.4) is 0 Å². The van der Waals surface area contributed by atoms with Gasteiger partial charge in [-0.3, -0.25) is 4.79 Å². The summed E-state index contributed by atoms with van der Waals surface area (Å²) in [6.07, 6.45) is 1.65. The molecule has 32 heavy (non-hydrogen) atoms. The van der Waals surface area contributed by atoms with E-state index in [-0.39, 0.29) is 5.56 Å². The first-order valence-corrected chi connectivity index (χ1v) is 10.4. The van der Waals surface area contributed by atoms with Crippen LogP contribution in [-0.2, 0) is 0 Å². The van der Waals surface area contributed by atoms with Gasteiger partial charge in [-0.15, -0.1) is 0 Å². The number of hydrogen-bond acceptors (Lipinski definition) is 5. The summed E-state index contributed by atoms with van der Waals surface area (Å²) in [4.78, 5) is 18.1. The molecule has 0 radical (unpaired) electrons. The second kappa shape index (κ2) is 8.85. The Kier molecular flexibility index (Phi) is 5.97. The molecule has 0 N–H and O–H groups in total. The first-order valence-electron chi connectivity index (χ1n) is 9.97. The van der Waals surface area contributed by atoms with Crippen LogP contribution in [0, 0.1) is 13.8 Å². The van der Waals surface area contributed by atoms with Gasteiger partial charge in [0.2, 0.25) is 0 Å². The van der Waals surface area contributed by atoms with Crippen LogP contribution in [0.5, 0.6) is 11.5 Å². The average molecular weight is 448 g/mol. The van der Waals surface area contributed by atoms with E-state index < -0.39 is 0 Å². The fourth-order valence-electron chi connectivity index (χ4n) is 3.39. The Hall–Kier alpha value is -3.64. The molecule has 0 aliphatic rings. The molecule has 4 aromatic rings. The molecule has 6 nitrogen and oxygen atoms in total. The summed E-state index contributed by atoms with van der Waals surface area (Å²) in [5, 5.41) is 5.35. The van der Waals surface area contributed by atoms with Crippen LogP contribution in [-0.4, -0.2) is 30.1 Å². The molecule has 0 aliphatic heterocycles. The molecule has 4 rings (SSSR count). The second-order valence-electron chi connectivity index (χ2n) is 7.37. The Balaban J connectivity index is 1.95. The first kappa shape index (κ1) is 21.6. The smallest absolute Gasteiger partial charge is 0.282 e. The molecule has 1 heterocycles. The van der Waals surface area contributed by atoms with Crippen molar-refractivity contribution in [3.63, 3.8) is 0 Å². The Morgan fingerprint density at radius 3 is 2.44 bits per heavy atom. The van der Waals surface area contributed by atoms with Gasteiger partial charge in [-0.05, 0) is 66.9 Å². The van der Waals surface area contributed by atoms with Crippen LogP contribution in [0.4, 0.5) is 0 Å². The van der Waals surface area contributed by atoms with E-state index >= 15 is 0 Å². The molecule has 0 bridgehead atoms. The van der Waals surface area contributed by atoms with Crippen molar-refractivity contribution in [3.05, 3.63) is 86.7 Å². The van der Waals surface area contributed by atoms with Crippen LogP contribution in [0.25, 0.3) is 22.3 Å². The zero-order chi connectivity index (χ0) is 22.8. The highest BCUT2D eigenvalue weighted by Gasteiger charge is 2.15. The number of nitrogens with zero attached hydrogens (tertiary/aromatic N) is 3. The van der Waals surface area contributed by atoms with Gasteiger partial charge in [-0.1, -0.05) is 29.8 Å². The lowest BCUT2D eigenvalue weighted by Crippen LogP contribution is -2.20. The third-order valence-corrected chi connectivity index (χ3v) is 5.54. The standard InChI is InChI=1S/C25H22ClN3O3/c1-15-5-6-17(11-16(15)2)14-27-29-24(18-7-10-22(31-3)23(12-18)32-4)28-21-9-8-19(26)13-20(21)25(29)30/h5-14H,1-4H3. The summed E-state index contributed by atoms with van der Waals surface area (Å²) in [5.74, 6) is 1.49. The molecule has 0 unspecified atom stereocenters. The van der Waals surface area contributed by atoms with Crippen LogP contribution in [0.2, 0.25) is 5.02 Å². The van der Waals surface area contributed by atoms with E-state index in [1.165, 1.54) is 10.2 Å². The van der Waals surface area contributed by atoms with E-state index in [9.17, 15) is 4.79 Å². The van der Waals surface area contributed by atoms with Crippen molar-refractivity contribution in [1.29, 1.82) is 0 Å². The van der Waals surface area contributed by atoms with E-state index in [0.29, 0.717) is 38.8 Å². The number of fused-ring (bicyclic) bond motifs is 1. The van der Waals surface area contributed by atoms with Crippen molar-refractivity contribution in [2.45, 2.75) is 13.8 Å². The minimum Gasteiger partial charge on any atom is -0.493 e. The Bertz CT molecular complexity index is 1410. The largest absolute Gasteiger partial charge is 0.493 e. The molecule has 7 heteroatoms. The molecule has 0 amide bonds. The summed E-state index contributed by atoms with van der Waals surface area (Å²) in [5.41, 5.74) is 4.08. The molecular weight excluding hydrogens is 426 g/mol. The van der Waals surface area contributed by atoms with Crippen molar-refractivity contribution in [3.8, 4) is 22.9 Å². The van der Waals surface area contributed by atoms with Gasteiger partial charge in [0.25, 0.3) is 5.56 Å². The maximum absolute atomic E-state index is 13.4.